The molecule has 3 aromatic rings. The molecule has 0 radical (unpaired) electrons. The van der Waals surface area contributed by atoms with Crippen molar-refractivity contribution in [2.75, 3.05) is 32.5 Å². The van der Waals surface area contributed by atoms with Gasteiger partial charge in [-0.25, -0.2) is 12.8 Å². The lowest BCUT2D eigenvalue weighted by molar-refractivity contribution is 0.0731. The Morgan fingerprint density at radius 3 is 2.44 bits per heavy atom. The molecule has 1 fully saturated rings. The summed E-state index contributed by atoms with van der Waals surface area (Å²) in [5, 5.41) is 6.11. The van der Waals surface area contributed by atoms with E-state index < -0.39 is 20.5 Å². The van der Waals surface area contributed by atoms with Crippen LogP contribution < -0.4 is 15.4 Å². The molecule has 204 valence electrons. The SMILES string of the molecule is CCc1c(C(=O)N2CCOc3ccc(-c4ccc(C(=O)NC5CNC5)cc4)cc3C2)ccc(S(C)(=O)=O)c1F. The van der Waals surface area contributed by atoms with Crippen LogP contribution in [-0.2, 0) is 22.8 Å². The summed E-state index contributed by atoms with van der Waals surface area (Å²) in [7, 11) is -3.77. The van der Waals surface area contributed by atoms with Crippen molar-refractivity contribution in [3.63, 3.8) is 0 Å². The fourth-order valence-corrected chi connectivity index (χ4v) is 5.59. The largest absolute Gasteiger partial charge is 0.491 e. The Balaban J connectivity index is 1.38. The van der Waals surface area contributed by atoms with Crippen molar-refractivity contribution in [2.24, 2.45) is 0 Å². The molecule has 3 aromatic carbocycles. The van der Waals surface area contributed by atoms with Crippen LogP contribution in [0.25, 0.3) is 11.1 Å². The van der Waals surface area contributed by atoms with Crippen LogP contribution in [0, 0.1) is 5.82 Å². The van der Waals surface area contributed by atoms with Gasteiger partial charge in [0.25, 0.3) is 11.8 Å². The van der Waals surface area contributed by atoms with Gasteiger partial charge in [0.1, 0.15) is 23.1 Å². The summed E-state index contributed by atoms with van der Waals surface area (Å²) in [5.41, 5.74) is 3.42. The summed E-state index contributed by atoms with van der Waals surface area (Å²) in [6.45, 7) is 4.05. The van der Waals surface area contributed by atoms with Gasteiger partial charge in [-0.1, -0.05) is 25.1 Å². The van der Waals surface area contributed by atoms with E-state index in [1.54, 1.807) is 24.0 Å². The summed E-state index contributed by atoms with van der Waals surface area (Å²) in [4.78, 5) is 27.1. The van der Waals surface area contributed by atoms with Crippen molar-refractivity contribution in [1.82, 2.24) is 15.5 Å². The molecule has 0 atom stereocenters. The molecule has 5 rings (SSSR count). The molecule has 2 amide bonds. The minimum atomic E-state index is -3.77. The smallest absolute Gasteiger partial charge is 0.254 e. The number of carbonyl (C=O) groups is 2. The lowest BCUT2D eigenvalue weighted by Gasteiger charge is -2.27. The van der Waals surface area contributed by atoms with Crippen molar-refractivity contribution in [2.45, 2.75) is 30.8 Å². The fourth-order valence-electron chi connectivity index (χ4n) is 4.82. The van der Waals surface area contributed by atoms with Gasteiger partial charge in [0, 0.05) is 48.1 Å². The molecule has 2 N–H and O–H groups in total. The van der Waals surface area contributed by atoms with Crippen LogP contribution in [0.4, 0.5) is 4.39 Å². The van der Waals surface area contributed by atoms with Gasteiger partial charge >= 0.3 is 0 Å². The predicted octanol–water partition coefficient (Wildman–Crippen LogP) is 3.20. The zero-order valence-electron chi connectivity index (χ0n) is 21.8. The summed E-state index contributed by atoms with van der Waals surface area (Å²) in [6, 6.07) is 15.8. The molecular weight excluding hydrogens is 521 g/mol. The molecule has 0 aliphatic carbocycles. The number of fused-ring (bicyclic) bond motifs is 1. The number of benzene rings is 3. The average molecular weight is 552 g/mol. The third-order valence-electron chi connectivity index (χ3n) is 7.12. The van der Waals surface area contributed by atoms with Gasteiger partial charge in [-0.3, -0.25) is 9.59 Å². The number of halogens is 1. The number of carbonyl (C=O) groups excluding carboxylic acids is 2. The second kappa shape index (κ2) is 10.8. The van der Waals surface area contributed by atoms with E-state index >= 15 is 4.39 Å². The molecule has 39 heavy (non-hydrogen) atoms. The van der Waals surface area contributed by atoms with Gasteiger partial charge in [0.15, 0.2) is 9.84 Å². The second-order valence-electron chi connectivity index (χ2n) is 9.83. The van der Waals surface area contributed by atoms with Gasteiger partial charge in [-0.05, 0) is 53.9 Å². The van der Waals surface area contributed by atoms with Crippen molar-refractivity contribution >= 4 is 21.7 Å². The minimum absolute atomic E-state index is 0.0831. The van der Waals surface area contributed by atoms with Crippen LogP contribution in [0.1, 0.15) is 38.8 Å². The third-order valence-corrected chi connectivity index (χ3v) is 8.23. The van der Waals surface area contributed by atoms with E-state index in [9.17, 15) is 18.0 Å². The Bertz CT molecular complexity index is 1540. The monoisotopic (exact) mass is 551 g/mol. The first kappa shape index (κ1) is 26.8. The maximum atomic E-state index is 15.1. The molecule has 0 spiro atoms. The molecular formula is C29H30FN3O5S. The Kier molecular flexibility index (Phi) is 7.42. The molecule has 0 bridgehead atoms. The van der Waals surface area contributed by atoms with Gasteiger partial charge in [0.2, 0.25) is 0 Å². The van der Waals surface area contributed by atoms with Crippen LogP contribution in [0.15, 0.2) is 59.5 Å². The fraction of sp³-hybridized carbons (Fsp3) is 0.310. The molecule has 1 saturated heterocycles. The van der Waals surface area contributed by atoms with Gasteiger partial charge in [-0.2, -0.15) is 0 Å². The summed E-state index contributed by atoms with van der Waals surface area (Å²) in [6.07, 6.45) is 1.12. The van der Waals surface area contributed by atoms with Crippen molar-refractivity contribution < 1.29 is 27.1 Å². The van der Waals surface area contributed by atoms with Crippen LogP contribution in [-0.4, -0.2) is 63.7 Å². The Morgan fingerprint density at radius 1 is 1.08 bits per heavy atom. The number of amides is 2. The number of ether oxygens (including phenoxy) is 1. The quantitative estimate of drug-likeness (QED) is 0.488. The van der Waals surface area contributed by atoms with Crippen molar-refractivity contribution in [1.29, 1.82) is 0 Å². The Hall–Kier alpha value is -3.76. The summed E-state index contributed by atoms with van der Waals surface area (Å²) in [5.74, 6) is -0.704. The Labute approximate surface area is 227 Å². The van der Waals surface area contributed by atoms with Gasteiger partial charge in [-0.15, -0.1) is 0 Å². The highest BCUT2D eigenvalue weighted by molar-refractivity contribution is 7.90. The average Bonchev–Trinajstić information content (AvgIpc) is 3.11. The van der Waals surface area contributed by atoms with Crippen molar-refractivity contribution in [3.05, 3.63) is 82.7 Å². The topological polar surface area (TPSA) is 105 Å². The van der Waals surface area contributed by atoms with E-state index in [1.807, 2.05) is 30.3 Å². The third kappa shape index (κ3) is 5.53. The van der Waals surface area contributed by atoms with Gasteiger partial charge < -0.3 is 20.3 Å². The maximum Gasteiger partial charge on any atom is 0.254 e. The maximum absolute atomic E-state index is 15.1. The number of sulfone groups is 1. The highest BCUT2D eigenvalue weighted by Crippen LogP contribution is 2.31. The van der Waals surface area contributed by atoms with E-state index in [0.717, 1.165) is 42.1 Å². The number of nitrogens with one attached hydrogen (secondary N) is 2. The summed E-state index contributed by atoms with van der Waals surface area (Å²) < 4.78 is 44.9. The normalized spacial score (nSPS) is 15.5. The van der Waals surface area contributed by atoms with Crippen LogP contribution in [0.2, 0.25) is 0 Å². The second-order valence-corrected chi connectivity index (χ2v) is 11.8. The highest BCUT2D eigenvalue weighted by atomic mass is 32.2. The zero-order chi connectivity index (χ0) is 27.7. The first-order chi connectivity index (χ1) is 18.7. The lowest BCUT2D eigenvalue weighted by Crippen LogP contribution is -2.56. The van der Waals surface area contributed by atoms with Gasteiger partial charge in [0.05, 0.1) is 12.6 Å². The van der Waals surface area contributed by atoms with Crippen LogP contribution in [0.3, 0.4) is 0 Å². The first-order valence-electron chi connectivity index (χ1n) is 12.8. The van der Waals surface area contributed by atoms with Crippen LogP contribution in [0.5, 0.6) is 5.75 Å². The standard InChI is InChI=1S/C29H30FN3O5S/c1-3-23-24(9-11-26(27(23)30)39(2,36)37)29(35)33-12-13-38-25-10-8-20(14-21(25)17-33)18-4-6-19(7-5-18)28(34)32-22-15-31-16-22/h4-11,14,22,31H,3,12-13,15-17H2,1-2H3,(H,32,34). The van der Waals surface area contributed by atoms with E-state index in [-0.39, 0.29) is 48.6 Å². The molecule has 8 nitrogen and oxygen atoms in total. The van der Waals surface area contributed by atoms with Crippen LogP contribution >= 0.6 is 0 Å². The lowest BCUT2D eigenvalue weighted by atomic mass is 10.00. The first-order valence-corrected chi connectivity index (χ1v) is 14.7. The van der Waals surface area contributed by atoms with E-state index in [0.29, 0.717) is 17.9 Å². The van der Waals surface area contributed by atoms with E-state index in [4.69, 9.17) is 4.74 Å². The minimum Gasteiger partial charge on any atom is -0.491 e. The van der Waals surface area contributed by atoms with Crippen molar-refractivity contribution in [3.8, 4) is 16.9 Å². The number of hydrogen-bond donors (Lipinski definition) is 2. The number of rotatable bonds is 6. The molecule has 10 heteroatoms. The van der Waals surface area contributed by atoms with E-state index in [1.165, 1.54) is 6.07 Å². The number of hydrogen-bond acceptors (Lipinski definition) is 6. The predicted molar refractivity (Wildman–Crippen MR) is 145 cm³/mol. The molecule has 0 aromatic heterocycles. The highest BCUT2D eigenvalue weighted by Gasteiger charge is 2.27. The zero-order valence-corrected chi connectivity index (χ0v) is 22.6. The summed E-state index contributed by atoms with van der Waals surface area (Å²) >= 11 is 0. The molecule has 0 unspecified atom stereocenters. The number of nitrogens with zero attached hydrogens (tertiary/aromatic N) is 1. The molecule has 2 aliphatic rings. The Morgan fingerprint density at radius 2 is 1.79 bits per heavy atom. The molecule has 0 saturated carbocycles. The molecule has 2 heterocycles. The molecule has 2 aliphatic heterocycles. The van der Waals surface area contributed by atoms with E-state index in [2.05, 4.69) is 10.6 Å².